The molecule has 108 valence electrons. The maximum Gasteiger partial charge on any atom is 0.221 e. The lowest BCUT2D eigenvalue weighted by Crippen LogP contribution is -2.33. The number of rotatable bonds is 6. The summed E-state index contributed by atoms with van der Waals surface area (Å²) in [5.74, 6) is 2.46. The van der Waals surface area contributed by atoms with Gasteiger partial charge in [-0.2, -0.15) is 0 Å². The molecule has 5 heteroatoms. The fourth-order valence-corrected chi connectivity index (χ4v) is 2.68. The molecule has 3 rings (SSSR count). The summed E-state index contributed by atoms with van der Waals surface area (Å²) >= 11 is 0. The minimum atomic E-state index is 0.140. The molecule has 0 bridgehead atoms. The van der Waals surface area contributed by atoms with Crippen molar-refractivity contribution in [2.24, 2.45) is 0 Å². The predicted molar refractivity (Wildman–Crippen MR) is 77.5 cm³/mol. The lowest BCUT2D eigenvalue weighted by Gasteiger charge is -2.12. The molecule has 0 aromatic carbocycles. The zero-order chi connectivity index (χ0) is 13.8. The molecule has 20 heavy (non-hydrogen) atoms. The van der Waals surface area contributed by atoms with Crippen LogP contribution < -0.4 is 10.6 Å². The molecule has 2 aliphatic carbocycles. The van der Waals surface area contributed by atoms with Crippen LogP contribution in [-0.4, -0.2) is 28.5 Å². The molecule has 2 fully saturated rings. The SMILES string of the molecule is O=C(CCNc1ccnc(C2CC2)n1)NC1CCCC1. The smallest absolute Gasteiger partial charge is 0.221 e. The zero-order valence-corrected chi connectivity index (χ0v) is 11.8. The van der Waals surface area contributed by atoms with Gasteiger partial charge in [-0.1, -0.05) is 12.8 Å². The maximum atomic E-state index is 11.8. The Kier molecular flexibility index (Phi) is 4.14. The van der Waals surface area contributed by atoms with Crippen LogP contribution in [0.25, 0.3) is 0 Å². The van der Waals surface area contributed by atoms with Crippen LogP contribution in [0.15, 0.2) is 12.3 Å². The van der Waals surface area contributed by atoms with Gasteiger partial charge in [0, 0.05) is 31.1 Å². The maximum absolute atomic E-state index is 11.8. The highest BCUT2D eigenvalue weighted by Gasteiger charge is 2.26. The first kappa shape index (κ1) is 13.3. The van der Waals surface area contributed by atoms with Gasteiger partial charge in [0.05, 0.1) is 0 Å². The molecule has 0 radical (unpaired) electrons. The molecular weight excluding hydrogens is 252 g/mol. The molecule has 2 aliphatic rings. The van der Waals surface area contributed by atoms with Gasteiger partial charge in [-0.3, -0.25) is 4.79 Å². The van der Waals surface area contributed by atoms with Crippen molar-refractivity contribution in [2.45, 2.75) is 56.9 Å². The van der Waals surface area contributed by atoms with Crippen molar-refractivity contribution in [1.29, 1.82) is 0 Å². The topological polar surface area (TPSA) is 66.9 Å². The number of nitrogens with zero attached hydrogens (tertiary/aromatic N) is 2. The van der Waals surface area contributed by atoms with Crippen molar-refractivity contribution in [1.82, 2.24) is 15.3 Å². The van der Waals surface area contributed by atoms with Gasteiger partial charge in [0.15, 0.2) is 0 Å². The van der Waals surface area contributed by atoms with E-state index in [2.05, 4.69) is 20.6 Å². The number of carbonyl (C=O) groups excluding carboxylic acids is 1. The number of nitrogens with one attached hydrogen (secondary N) is 2. The molecule has 1 aromatic rings. The molecule has 2 N–H and O–H groups in total. The predicted octanol–water partition coefficient (Wildman–Crippen LogP) is 2.21. The van der Waals surface area contributed by atoms with Gasteiger partial charge >= 0.3 is 0 Å². The van der Waals surface area contributed by atoms with Gasteiger partial charge in [-0.05, 0) is 31.7 Å². The van der Waals surface area contributed by atoms with E-state index in [1.165, 1.54) is 25.7 Å². The highest BCUT2D eigenvalue weighted by atomic mass is 16.1. The summed E-state index contributed by atoms with van der Waals surface area (Å²) in [5, 5.41) is 6.30. The average Bonchev–Trinajstić information content (AvgIpc) is 3.18. The first-order valence-corrected chi connectivity index (χ1v) is 7.67. The van der Waals surface area contributed by atoms with Crippen molar-refractivity contribution < 1.29 is 4.79 Å². The summed E-state index contributed by atoms with van der Waals surface area (Å²) in [6.07, 6.45) is 9.45. The Morgan fingerprint density at radius 3 is 2.80 bits per heavy atom. The number of anilines is 1. The summed E-state index contributed by atoms with van der Waals surface area (Å²) in [6.45, 7) is 0.625. The molecule has 0 saturated heterocycles. The van der Waals surface area contributed by atoms with Crippen LogP contribution in [0.2, 0.25) is 0 Å². The molecule has 0 spiro atoms. The third-order valence-electron chi connectivity index (χ3n) is 4.00. The van der Waals surface area contributed by atoms with E-state index in [0.29, 0.717) is 24.9 Å². The minimum Gasteiger partial charge on any atom is -0.369 e. The summed E-state index contributed by atoms with van der Waals surface area (Å²) in [4.78, 5) is 20.6. The standard InChI is InChI=1S/C15H22N4O/c20-14(18-12-3-1-2-4-12)8-10-16-13-7-9-17-15(19-13)11-5-6-11/h7,9,11-12H,1-6,8,10H2,(H,18,20)(H,16,17,19). The van der Waals surface area contributed by atoms with E-state index in [9.17, 15) is 4.79 Å². The number of hydrogen-bond acceptors (Lipinski definition) is 4. The molecule has 2 saturated carbocycles. The average molecular weight is 274 g/mol. The van der Waals surface area contributed by atoms with E-state index < -0.39 is 0 Å². The quantitative estimate of drug-likeness (QED) is 0.834. The second-order valence-electron chi connectivity index (χ2n) is 5.80. The fraction of sp³-hybridized carbons (Fsp3) is 0.667. The lowest BCUT2D eigenvalue weighted by molar-refractivity contribution is -0.121. The summed E-state index contributed by atoms with van der Waals surface area (Å²) in [7, 11) is 0. The molecule has 0 unspecified atom stereocenters. The Morgan fingerprint density at radius 2 is 2.05 bits per heavy atom. The van der Waals surface area contributed by atoms with Crippen LogP contribution in [0.5, 0.6) is 0 Å². The number of hydrogen-bond donors (Lipinski definition) is 2. The Morgan fingerprint density at radius 1 is 1.25 bits per heavy atom. The molecule has 0 aliphatic heterocycles. The molecule has 1 amide bonds. The molecule has 0 atom stereocenters. The Labute approximate surface area is 119 Å². The van der Waals surface area contributed by atoms with Gasteiger partial charge in [-0.15, -0.1) is 0 Å². The van der Waals surface area contributed by atoms with Crippen LogP contribution in [0.4, 0.5) is 5.82 Å². The van der Waals surface area contributed by atoms with E-state index in [0.717, 1.165) is 24.5 Å². The Bertz CT molecular complexity index is 467. The Hall–Kier alpha value is -1.65. The van der Waals surface area contributed by atoms with Crippen molar-refractivity contribution in [3.8, 4) is 0 Å². The minimum absolute atomic E-state index is 0.140. The van der Waals surface area contributed by atoms with Crippen molar-refractivity contribution in [3.63, 3.8) is 0 Å². The molecule has 1 aromatic heterocycles. The zero-order valence-electron chi connectivity index (χ0n) is 11.8. The third-order valence-corrected chi connectivity index (χ3v) is 4.00. The van der Waals surface area contributed by atoms with Gasteiger partial charge in [-0.25, -0.2) is 9.97 Å². The van der Waals surface area contributed by atoms with Crippen LogP contribution in [0.1, 0.15) is 56.7 Å². The number of amides is 1. The molecule has 5 nitrogen and oxygen atoms in total. The summed E-state index contributed by atoms with van der Waals surface area (Å²) < 4.78 is 0. The Balaban J connectivity index is 1.40. The number of carbonyl (C=O) groups is 1. The van der Waals surface area contributed by atoms with Crippen LogP contribution in [0.3, 0.4) is 0 Å². The van der Waals surface area contributed by atoms with E-state index in [1.807, 2.05) is 6.07 Å². The fourth-order valence-electron chi connectivity index (χ4n) is 2.68. The lowest BCUT2D eigenvalue weighted by atomic mass is 10.2. The van der Waals surface area contributed by atoms with E-state index in [-0.39, 0.29) is 5.91 Å². The molecule has 1 heterocycles. The molecular formula is C15H22N4O. The van der Waals surface area contributed by atoms with Gasteiger partial charge in [0.1, 0.15) is 11.6 Å². The number of aromatic nitrogens is 2. The second kappa shape index (κ2) is 6.20. The van der Waals surface area contributed by atoms with Crippen molar-refractivity contribution >= 4 is 11.7 Å². The van der Waals surface area contributed by atoms with Gasteiger partial charge < -0.3 is 10.6 Å². The highest BCUT2D eigenvalue weighted by Crippen LogP contribution is 2.37. The monoisotopic (exact) mass is 274 g/mol. The second-order valence-corrected chi connectivity index (χ2v) is 5.80. The first-order chi connectivity index (χ1) is 9.81. The van der Waals surface area contributed by atoms with E-state index in [1.54, 1.807) is 6.20 Å². The van der Waals surface area contributed by atoms with Gasteiger partial charge in [0.25, 0.3) is 0 Å². The van der Waals surface area contributed by atoms with Crippen LogP contribution >= 0.6 is 0 Å². The van der Waals surface area contributed by atoms with Crippen molar-refractivity contribution in [2.75, 3.05) is 11.9 Å². The largest absolute Gasteiger partial charge is 0.369 e. The third kappa shape index (κ3) is 3.68. The van der Waals surface area contributed by atoms with Crippen LogP contribution in [0, 0.1) is 0 Å². The van der Waals surface area contributed by atoms with Gasteiger partial charge in [0.2, 0.25) is 5.91 Å². The highest BCUT2D eigenvalue weighted by molar-refractivity contribution is 5.76. The summed E-state index contributed by atoms with van der Waals surface area (Å²) in [6, 6.07) is 2.27. The normalized spacial score (nSPS) is 19.0. The van der Waals surface area contributed by atoms with E-state index >= 15 is 0 Å². The summed E-state index contributed by atoms with van der Waals surface area (Å²) in [5.41, 5.74) is 0. The van der Waals surface area contributed by atoms with Crippen LogP contribution in [-0.2, 0) is 4.79 Å². The first-order valence-electron chi connectivity index (χ1n) is 7.67. The van der Waals surface area contributed by atoms with Crippen molar-refractivity contribution in [3.05, 3.63) is 18.1 Å². The van der Waals surface area contributed by atoms with E-state index in [4.69, 9.17) is 0 Å².